The van der Waals surface area contributed by atoms with Crippen molar-refractivity contribution >= 4 is 50.9 Å². The van der Waals surface area contributed by atoms with Crippen LogP contribution in [0.2, 0.25) is 10.0 Å². The number of benzene rings is 1. The lowest BCUT2D eigenvalue weighted by Gasteiger charge is -2.16. The summed E-state index contributed by atoms with van der Waals surface area (Å²) in [5.41, 5.74) is 2.51. The average Bonchev–Trinajstić information content (AvgIpc) is 3.16. The lowest BCUT2D eigenvalue weighted by atomic mass is 10.1. The Balaban J connectivity index is 1.64. The van der Waals surface area contributed by atoms with Gasteiger partial charge in [0, 0.05) is 39.1 Å². The Kier molecular flexibility index (Phi) is 6.75. The standard InChI is InChI=1S/C21H21Cl2NO5S/c1-13-9-18(14(2)24(13)17-7-8-30(27,28)12-17)20(25)11-29-21(26)6-4-15-3-5-16(22)10-19(15)23/h3-6,9-10,17H,7-8,11-12H2,1-2H3/b6-4+. The highest BCUT2D eigenvalue weighted by atomic mass is 35.5. The van der Waals surface area contributed by atoms with Gasteiger partial charge in [0.2, 0.25) is 5.78 Å². The minimum atomic E-state index is -3.04. The highest BCUT2D eigenvalue weighted by molar-refractivity contribution is 7.91. The quantitative estimate of drug-likeness (QED) is 0.359. The Hall–Kier alpha value is -2.09. The van der Waals surface area contributed by atoms with Crippen LogP contribution in [0, 0.1) is 13.8 Å². The smallest absolute Gasteiger partial charge is 0.331 e. The fraction of sp³-hybridized carbons (Fsp3) is 0.333. The number of nitrogens with zero attached hydrogens (tertiary/aromatic N) is 1. The summed E-state index contributed by atoms with van der Waals surface area (Å²) < 4.78 is 30.5. The zero-order valence-corrected chi connectivity index (χ0v) is 18.9. The number of ether oxygens (including phenoxy) is 1. The molecule has 1 aliphatic rings. The number of hydrogen-bond donors (Lipinski definition) is 0. The molecule has 2 heterocycles. The second-order valence-corrected chi connectivity index (χ2v) is 10.3. The van der Waals surface area contributed by atoms with E-state index in [9.17, 15) is 18.0 Å². The zero-order chi connectivity index (χ0) is 22.1. The predicted molar refractivity (Wildman–Crippen MR) is 117 cm³/mol. The predicted octanol–water partition coefficient (Wildman–Crippen LogP) is 4.21. The number of carbonyl (C=O) groups excluding carboxylic acids is 2. The molecule has 1 unspecified atom stereocenters. The molecule has 0 spiro atoms. The van der Waals surface area contributed by atoms with Crippen molar-refractivity contribution in [3.05, 3.63) is 62.9 Å². The van der Waals surface area contributed by atoms with Gasteiger partial charge < -0.3 is 9.30 Å². The molecule has 0 saturated carbocycles. The molecule has 2 aromatic rings. The van der Waals surface area contributed by atoms with E-state index >= 15 is 0 Å². The van der Waals surface area contributed by atoms with Crippen molar-refractivity contribution < 1.29 is 22.7 Å². The average molecular weight is 470 g/mol. The summed E-state index contributed by atoms with van der Waals surface area (Å²) in [5, 5.41) is 0.877. The van der Waals surface area contributed by atoms with E-state index in [-0.39, 0.29) is 23.3 Å². The number of rotatable bonds is 6. The van der Waals surface area contributed by atoms with E-state index in [1.54, 1.807) is 31.2 Å². The molecule has 6 nitrogen and oxygen atoms in total. The first-order valence-corrected chi connectivity index (χ1v) is 11.9. The molecule has 1 aromatic heterocycles. The van der Waals surface area contributed by atoms with E-state index in [0.717, 1.165) is 5.69 Å². The van der Waals surface area contributed by atoms with Crippen molar-refractivity contribution in [3.8, 4) is 0 Å². The second-order valence-electron chi connectivity index (χ2n) is 7.24. The molecule has 160 valence electrons. The van der Waals surface area contributed by atoms with Crippen LogP contribution in [-0.2, 0) is 19.4 Å². The van der Waals surface area contributed by atoms with Crippen molar-refractivity contribution in [3.63, 3.8) is 0 Å². The molecule has 0 radical (unpaired) electrons. The Labute approximate surface area is 185 Å². The van der Waals surface area contributed by atoms with Crippen LogP contribution in [0.15, 0.2) is 30.3 Å². The van der Waals surface area contributed by atoms with Gasteiger partial charge in [-0.3, -0.25) is 4.79 Å². The van der Waals surface area contributed by atoms with Crippen LogP contribution in [0.5, 0.6) is 0 Å². The molecular weight excluding hydrogens is 449 g/mol. The zero-order valence-electron chi connectivity index (χ0n) is 16.5. The molecule has 0 bridgehead atoms. The molecule has 30 heavy (non-hydrogen) atoms. The third-order valence-electron chi connectivity index (χ3n) is 5.07. The summed E-state index contributed by atoms with van der Waals surface area (Å²) in [6, 6.07) is 6.40. The minimum Gasteiger partial charge on any atom is -0.454 e. The van der Waals surface area contributed by atoms with Gasteiger partial charge in [0.1, 0.15) is 0 Å². The van der Waals surface area contributed by atoms with Crippen molar-refractivity contribution in [1.82, 2.24) is 4.57 Å². The van der Waals surface area contributed by atoms with Crippen molar-refractivity contribution in [1.29, 1.82) is 0 Å². The molecule has 1 fully saturated rings. The van der Waals surface area contributed by atoms with Gasteiger partial charge in [0.05, 0.1) is 11.5 Å². The van der Waals surface area contributed by atoms with Gasteiger partial charge in [0.15, 0.2) is 16.4 Å². The Morgan fingerprint density at radius 1 is 1.23 bits per heavy atom. The van der Waals surface area contributed by atoms with Gasteiger partial charge in [0.25, 0.3) is 0 Å². The van der Waals surface area contributed by atoms with Crippen LogP contribution in [0.1, 0.15) is 39.8 Å². The number of sulfone groups is 1. The number of hydrogen-bond acceptors (Lipinski definition) is 5. The fourth-order valence-corrected chi connectivity index (χ4v) is 5.83. The van der Waals surface area contributed by atoms with Crippen molar-refractivity contribution in [2.75, 3.05) is 18.1 Å². The van der Waals surface area contributed by atoms with E-state index < -0.39 is 22.4 Å². The summed E-state index contributed by atoms with van der Waals surface area (Å²) in [4.78, 5) is 24.5. The van der Waals surface area contributed by atoms with Crippen LogP contribution < -0.4 is 0 Å². The Bertz CT molecular complexity index is 1130. The van der Waals surface area contributed by atoms with E-state index in [4.69, 9.17) is 27.9 Å². The normalized spacial score (nSPS) is 18.1. The number of halogens is 2. The SMILES string of the molecule is Cc1cc(C(=O)COC(=O)/C=C/c2ccc(Cl)cc2Cl)c(C)n1C1CCS(=O)(=O)C1. The Morgan fingerprint density at radius 2 is 1.97 bits per heavy atom. The van der Waals surface area contributed by atoms with Crippen LogP contribution in [0.4, 0.5) is 0 Å². The maximum absolute atomic E-state index is 12.6. The van der Waals surface area contributed by atoms with Gasteiger partial charge in [-0.25, -0.2) is 13.2 Å². The highest BCUT2D eigenvalue weighted by Gasteiger charge is 2.31. The largest absolute Gasteiger partial charge is 0.454 e. The summed E-state index contributed by atoms with van der Waals surface area (Å²) >= 11 is 11.9. The van der Waals surface area contributed by atoms with Gasteiger partial charge >= 0.3 is 5.97 Å². The molecular formula is C21H21Cl2NO5S. The van der Waals surface area contributed by atoms with E-state index in [1.165, 1.54) is 12.2 Å². The van der Waals surface area contributed by atoms with Crippen molar-refractivity contribution in [2.24, 2.45) is 0 Å². The topological polar surface area (TPSA) is 82.4 Å². The number of aromatic nitrogens is 1. The summed E-state index contributed by atoms with van der Waals surface area (Å²) in [7, 11) is -3.04. The molecule has 0 aliphatic carbocycles. The molecule has 3 rings (SSSR count). The number of aryl methyl sites for hydroxylation is 1. The summed E-state index contributed by atoms with van der Waals surface area (Å²) in [6.07, 6.45) is 3.20. The van der Waals surface area contributed by atoms with Gasteiger partial charge in [-0.05, 0) is 50.1 Å². The molecule has 1 aliphatic heterocycles. The monoisotopic (exact) mass is 469 g/mol. The summed E-state index contributed by atoms with van der Waals surface area (Å²) in [5.74, 6) is -0.796. The number of esters is 1. The maximum Gasteiger partial charge on any atom is 0.331 e. The van der Waals surface area contributed by atoms with Crippen LogP contribution in [0.3, 0.4) is 0 Å². The third-order valence-corrected chi connectivity index (χ3v) is 7.38. The van der Waals surface area contributed by atoms with Gasteiger partial charge in [-0.15, -0.1) is 0 Å². The van der Waals surface area contributed by atoms with Gasteiger partial charge in [-0.1, -0.05) is 29.3 Å². The second kappa shape index (κ2) is 8.96. The fourth-order valence-electron chi connectivity index (χ4n) is 3.66. The lowest BCUT2D eigenvalue weighted by molar-refractivity contribution is -0.136. The molecule has 0 amide bonds. The van der Waals surface area contributed by atoms with Crippen LogP contribution in [0.25, 0.3) is 6.08 Å². The lowest BCUT2D eigenvalue weighted by Crippen LogP contribution is -2.16. The first-order valence-electron chi connectivity index (χ1n) is 9.29. The van der Waals surface area contributed by atoms with Gasteiger partial charge in [-0.2, -0.15) is 0 Å². The number of carbonyl (C=O) groups is 2. The summed E-state index contributed by atoms with van der Waals surface area (Å²) in [6.45, 7) is 3.19. The van der Waals surface area contributed by atoms with E-state index in [0.29, 0.717) is 33.3 Å². The van der Waals surface area contributed by atoms with Crippen LogP contribution >= 0.6 is 23.2 Å². The van der Waals surface area contributed by atoms with Crippen molar-refractivity contribution in [2.45, 2.75) is 26.3 Å². The minimum absolute atomic E-state index is 0.0734. The third kappa shape index (κ3) is 5.14. The Morgan fingerprint density at radius 3 is 2.60 bits per heavy atom. The molecule has 0 N–H and O–H groups in total. The van der Waals surface area contributed by atoms with E-state index in [2.05, 4.69) is 0 Å². The molecule has 1 atom stereocenters. The number of Topliss-reactive ketones (excluding diaryl/α,β-unsaturated/α-hetero) is 1. The molecule has 9 heteroatoms. The van der Waals surface area contributed by atoms with E-state index in [1.807, 2.05) is 11.5 Å². The number of ketones is 1. The van der Waals surface area contributed by atoms with Crippen LogP contribution in [-0.4, -0.2) is 42.9 Å². The molecule has 1 aromatic carbocycles. The first kappa shape index (κ1) is 22.6. The first-order chi connectivity index (χ1) is 14.1. The maximum atomic E-state index is 12.6. The molecule has 1 saturated heterocycles. The highest BCUT2D eigenvalue weighted by Crippen LogP contribution is 2.29.